The van der Waals surface area contributed by atoms with Gasteiger partial charge in [-0.15, -0.1) is 0 Å². The van der Waals surface area contributed by atoms with Gasteiger partial charge in [0.25, 0.3) is 0 Å². The van der Waals surface area contributed by atoms with Crippen molar-refractivity contribution in [3.05, 3.63) is 30.6 Å². The highest BCUT2D eigenvalue weighted by Crippen LogP contribution is 2.08. The maximum atomic E-state index is 12.1. The van der Waals surface area contributed by atoms with E-state index in [4.69, 9.17) is 0 Å². The van der Waals surface area contributed by atoms with Crippen LogP contribution in [0.1, 0.15) is 12.7 Å². The van der Waals surface area contributed by atoms with E-state index in [1.54, 1.807) is 24.0 Å². The van der Waals surface area contributed by atoms with Crippen molar-refractivity contribution in [3.8, 4) is 0 Å². The Bertz CT molecular complexity index is 664. The first kappa shape index (κ1) is 14.4. The van der Waals surface area contributed by atoms with Crippen LogP contribution in [-0.2, 0) is 23.6 Å². The van der Waals surface area contributed by atoms with E-state index < -0.39 is 10.0 Å². The molecule has 0 fully saturated rings. The monoisotopic (exact) mass is 296 g/mol. The predicted octanol–water partition coefficient (Wildman–Crippen LogP) is 0.120. The maximum absolute atomic E-state index is 12.1. The van der Waals surface area contributed by atoms with Crippen molar-refractivity contribution in [1.82, 2.24) is 24.2 Å². The zero-order chi connectivity index (χ0) is 14.6. The lowest BCUT2D eigenvalue weighted by atomic mass is 10.6. The molecule has 0 bridgehead atoms. The van der Waals surface area contributed by atoms with E-state index in [2.05, 4.69) is 25.0 Å². The highest BCUT2D eigenvalue weighted by Gasteiger charge is 2.15. The van der Waals surface area contributed by atoms with E-state index in [1.165, 1.54) is 12.4 Å². The average Bonchev–Trinajstić information content (AvgIpc) is 2.83. The Morgan fingerprint density at radius 3 is 2.50 bits per heavy atom. The van der Waals surface area contributed by atoms with Gasteiger partial charge >= 0.3 is 0 Å². The molecule has 8 nitrogen and oxygen atoms in total. The van der Waals surface area contributed by atoms with Gasteiger partial charge in [-0.05, 0) is 6.92 Å². The quantitative estimate of drug-likeness (QED) is 0.785. The van der Waals surface area contributed by atoms with Crippen LogP contribution in [0.4, 0.5) is 5.95 Å². The third kappa shape index (κ3) is 3.31. The maximum Gasteiger partial charge on any atom is 0.244 e. The Morgan fingerprint density at radius 2 is 1.95 bits per heavy atom. The van der Waals surface area contributed by atoms with Crippen molar-refractivity contribution in [1.29, 1.82) is 0 Å². The first-order valence-corrected chi connectivity index (χ1v) is 7.53. The van der Waals surface area contributed by atoms with Crippen LogP contribution in [0.3, 0.4) is 0 Å². The molecule has 0 amide bonds. The van der Waals surface area contributed by atoms with E-state index in [1.807, 2.05) is 6.92 Å². The second kappa shape index (κ2) is 5.97. The summed E-state index contributed by atoms with van der Waals surface area (Å²) in [4.78, 5) is 11.9. The predicted molar refractivity (Wildman–Crippen MR) is 73.4 cm³/mol. The number of nitrogens with one attached hydrogen (secondary N) is 2. The molecule has 2 aromatic rings. The molecule has 0 aromatic carbocycles. The van der Waals surface area contributed by atoms with Crippen LogP contribution >= 0.6 is 0 Å². The molecule has 0 atom stereocenters. The smallest absolute Gasteiger partial charge is 0.244 e. The van der Waals surface area contributed by atoms with Gasteiger partial charge in [0.15, 0.2) is 0 Å². The molecule has 9 heteroatoms. The van der Waals surface area contributed by atoms with Gasteiger partial charge in [-0.3, -0.25) is 0 Å². The summed E-state index contributed by atoms with van der Waals surface area (Å²) in [5.74, 6) is 1.02. The van der Waals surface area contributed by atoms with E-state index in [9.17, 15) is 8.42 Å². The molecule has 0 saturated carbocycles. The zero-order valence-electron chi connectivity index (χ0n) is 11.2. The van der Waals surface area contributed by atoms with Gasteiger partial charge in [0.05, 0.1) is 18.9 Å². The number of sulfonamides is 1. The molecule has 108 valence electrons. The molecule has 0 spiro atoms. The lowest BCUT2D eigenvalue weighted by Gasteiger charge is -2.07. The summed E-state index contributed by atoms with van der Waals surface area (Å²) in [7, 11) is -1.84. The Balaban J connectivity index is 2.08. The SMILES string of the molecule is CCNc1ncc(S(=O)(=O)NCc2nccn2C)cn1. The number of imidazole rings is 1. The van der Waals surface area contributed by atoms with E-state index >= 15 is 0 Å². The minimum absolute atomic E-state index is 0.0216. The number of nitrogens with zero attached hydrogens (tertiary/aromatic N) is 4. The fourth-order valence-corrected chi connectivity index (χ4v) is 2.38. The Morgan fingerprint density at radius 1 is 1.25 bits per heavy atom. The average molecular weight is 296 g/mol. The summed E-state index contributed by atoms with van der Waals surface area (Å²) >= 11 is 0. The van der Waals surface area contributed by atoms with Gasteiger partial charge in [0, 0.05) is 26.0 Å². The molecule has 0 aliphatic heterocycles. The first-order chi connectivity index (χ1) is 9.53. The lowest BCUT2D eigenvalue weighted by molar-refractivity contribution is 0.576. The largest absolute Gasteiger partial charge is 0.355 e. The molecule has 0 saturated heterocycles. The minimum Gasteiger partial charge on any atom is -0.355 e. The standard InChI is InChI=1S/C11H16N6O2S/c1-3-12-11-14-6-9(7-15-11)20(18,19)16-8-10-13-4-5-17(10)2/h4-7,16H,3,8H2,1-2H3,(H,12,14,15). The van der Waals surface area contributed by atoms with Crippen LogP contribution in [0.15, 0.2) is 29.7 Å². The van der Waals surface area contributed by atoms with Gasteiger partial charge in [0.2, 0.25) is 16.0 Å². The fourth-order valence-electron chi connectivity index (χ4n) is 1.51. The third-order valence-corrected chi connectivity index (χ3v) is 3.97. The third-order valence-electron chi connectivity index (χ3n) is 2.61. The molecule has 0 aliphatic rings. The van der Waals surface area contributed by atoms with Crippen molar-refractivity contribution < 1.29 is 8.42 Å². The molecule has 2 aromatic heterocycles. The Kier molecular flexibility index (Phi) is 4.30. The van der Waals surface area contributed by atoms with Crippen LogP contribution in [0.2, 0.25) is 0 Å². The summed E-state index contributed by atoms with van der Waals surface area (Å²) in [6.45, 7) is 2.69. The van der Waals surface area contributed by atoms with Gasteiger partial charge < -0.3 is 9.88 Å². The number of aromatic nitrogens is 4. The highest BCUT2D eigenvalue weighted by molar-refractivity contribution is 7.89. The summed E-state index contributed by atoms with van der Waals surface area (Å²) in [5.41, 5.74) is 0. The van der Waals surface area contributed by atoms with E-state index in [0.29, 0.717) is 18.3 Å². The lowest BCUT2D eigenvalue weighted by Crippen LogP contribution is -2.25. The van der Waals surface area contributed by atoms with Crippen LogP contribution in [0, 0.1) is 0 Å². The summed E-state index contributed by atoms with van der Waals surface area (Å²) in [6, 6.07) is 0. The molecule has 2 N–H and O–H groups in total. The second-order valence-corrected chi connectivity index (χ2v) is 5.82. The summed E-state index contributed by atoms with van der Waals surface area (Å²) in [6.07, 6.45) is 5.90. The molecule has 0 unspecified atom stereocenters. The fraction of sp³-hybridized carbons (Fsp3) is 0.364. The Hall–Kier alpha value is -2.00. The highest BCUT2D eigenvalue weighted by atomic mass is 32.2. The number of rotatable bonds is 6. The normalized spacial score (nSPS) is 11.5. The van der Waals surface area contributed by atoms with Crippen molar-refractivity contribution in [3.63, 3.8) is 0 Å². The summed E-state index contributed by atoms with van der Waals surface area (Å²) < 4.78 is 28.3. The number of hydrogen-bond acceptors (Lipinski definition) is 6. The van der Waals surface area contributed by atoms with Crippen molar-refractivity contribution >= 4 is 16.0 Å². The molecule has 20 heavy (non-hydrogen) atoms. The van der Waals surface area contributed by atoms with E-state index in [-0.39, 0.29) is 11.4 Å². The van der Waals surface area contributed by atoms with Gasteiger partial charge in [-0.2, -0.15) is 0 Å². The van der Waals surface area contributed by atoms with Crippen LogP contribution in [0.25, 0.3) is 0 Å². The number of hydrogen-bond donors (Lipinski definition) is 2. The molecular formula is C11H16N6O2S. The number of aryl methyl sites for hydroxylation is 1. The van der Waals surface area contributed by atoms with Crippen molar-refractivity contribution in [2.24, 2.45) is 7.05 Å². The van der Waals surface area contributed by atoms with Crippen LogP contribution in [-0.4, -0.2) is 34.5 Å². The molecule has 2 heterocycles. The van der Waals surface area contributed by atoms with Gasteiger partial charge in [0.1, 0.15) is 10.7 Å². The number of anilines is 1. The second-order valence-electron chi connectivity index (χ2n) is 4.05. The topological polar surface area (TPSA) is 102 Å². The molecule has 0 aliphatic carbocycles. The van der Waals surface area contributed by atoms with Gasteiger partial charge in [-0.25, -0.2) is 28.1 Å². The first-order valence-electron chi connectivity index (χ1n) is 6.04. The van der Waals surface area contributed by atoms with Crippen LogP contribution < -0.4 is 10.0 Å². The zero-order valence-corrected chi connectivity index (χ0v) is 12.1. The van der Waals surface area contributed by atoms with Gasteiger partial charge in [-0.1, -0.05) is 0 Å². The van der Waals surface area contributed by atoms with Crippen molar-refractivity contribution in [2.45, 2.75) is 18.4 Å². The molecular weight excluding hydrogens is 280 g/mol. The Labute approximate surface area is 117 Å². The molecule has 2 rings (SSSR count). The van der Waals surface area contributed by atoms with E-state index in [0.717, 1.165) is 0 Å². The van der Waals surface area contributed by atoms with Crippen LogP contribution in [0.5, 0.6) is 0 Å². The molecule has 0 radical (unpaired) electrons. The van der Waals surface area contributed by atoms with Crippen molar-refractivity contribution in [2.75, 3.05) is 11.9 Å². The minimum atomic E-state index is -3.64. The summed E-state index contributed by atoms with van der Waals surface area (Å²) in [5, 5.41) is 2.90.